The average molecular weight is 335 g/mol. The number of oxazole rings is 1. The fourth-order valence-electron chi connectivity index (χ4n) is 1.88. The summed E-state index contributed by atoms with van der Waals surface area (Å²) in [6, 6.07) is 13.3. The van der Waals surface area contributed by atoms with Gasteiger partial charge in [0.15, 0.2) is 0 Å². The molecular weight excluding hydrogens is 323 g/mol. The van der Waals surface area contributed by atoms with Crippen LogP contribution in [0, 0.1) is 0 Å². The number of halogens is 2. The van der Waals surface area contributed by atoms with Crippen molar-refractivity contribution in [3.8, 4) is 11.5 Å². The maximum Gasteiger partial charge on any atom is 0.294 e. The van der Waals surface area contributed by atoms with Crippen molar-refractivity contribution >= 4 is 29.2 Å². The molecule has 0 fully saturated rings. The number of aromatic nitrogens is 1. The molecule has 1 N–H and O–H groups in total. The summed E-state index contributed by atoms with van der Waals surface area (Å²) in [4.78, 5) is 4.00. The van der Waals surface area contributed by atoms with Gasteiger partial charge in [0.25, 0.3) is 6.01 Å². The third kappa shape index (κ3) is 3.72. The Morgan fingerprint density at radius 3 is 2.68 bits per heavy atom. The lowest BCUT2D eigenvalue weighted by Crippen LogP contribution is -1.99. The predicted molar refractivity (Wildman–Crippen MR) is 86.8 cm³/mol. The summed E-state index contributed by atoms with van der Waals surface area (Å²) in [5.74, 6) is 1.34. The molecule has 0 atom stereocenters. The van der Waals surface area contributed by atoms with E-state index in [9.17, 15) is 0 Å². The van der Waals surface area contributed by atoms with Crippen LogP contribution in [0.2, 0.25) is 10.0 Å². The van der Waals surface area contributed by atoms with E-state index in [-0.39, 0.29) is 0 Å². The van der Waals surface area contributed by atoms with E-state index in [0.717, 1.165) is 5.56 Å². The molecule has 0 aliphatic rings. The van der Waals surface area contributed by atoms with Gasteiger partial charge in [-0.15, -0.1) is 0 Å². The van der Waals surface area contributed by atoms with E-state index < -0.39 is 0 Å². The van der Waals surface area contributed by atoms with Gasteiger partial charge in [-0.1, -0.05) is 35.3 Å². The topological polar surface area (TPSA) is 47.3 Å². The first kappa shape index (κ1) is 14.8. The fraction of sp³-hybridized carbons (Fsp3) is 0.0625. The minimum Gasteiger partial charge on any atom is -0.457 e. The second-order valence-electron chi connectivity index (χ2n) is 4.52. The zero-order chi connectivity index (χ0) is 15.4. The van der Waals surface area contributed by atoms with Gasteiger partial charge in [0.05, 0.1) is 16.2 Å². The van der Waals surface area contributed by atoms with Gasteiger partial charge in [0, 0.05) is 12.6 Å². The number of nitrogens with one attached hydrogen (secondary N) is 1. The Hall–Kier alpha value is -2.17. The van der Waals surface area contributed by atoms with Crippen LogP contribution in [0.25, 0.3) is 0 Å². The molecule has 22 heavy (non-hydrogen) atoms. The molecule has 4 nitrogen and oxygen atoms in total. The minimum absolute atomic E-state index is 0.459. The van der Waals surface area contributed by atoms with Crippen molar-refractivity contribution in [2.24, 2.45) is 0 Å². The molecule has 6 heteroatoms. The van der Waals surface area contributed by atoms with Gasteiger partial charge in [0.2, 0.25) is 0 Å². The summed E-state index contributed by atoms with van der Waals surface area (Å²) in [6.45, 7) is 0.582. The van der Waals surface area contributed by atoms with Crippen LogP contribution in [0.4, 0.5) is 6.01 Å². The summed E-state index contributed by atoms with van der Waals surface area (Å²) < 4.78 is 10.9. The molecule has 0 spiro atoms. The molecule has 3 rings (SSSR count). The molecule has 1 heterocycles. The van der Waals surface area contributed by atoms with Gasteiger partial charge in [-0.2, -0.15) is 0 Å². The summed E-state index contributed by atoms with van der Waals surface area (Å²) in [5.41, 5.74) is 1.04. The van der Waals surface area contributed by atoms with Gasteiger partial charge in [-0.3, -0.25) is 0 Å². The summed E-state index contributed by atoms with van der Waals surface area (Å²) in [5, 5.41) is 4.03. The molecule has 0 amide bonds. The van der Waals surface area contributed by atoms with E-state index >= 15 is 0 Å². The zero-order valence-corrected chi connectivity index (χ0v) is 12.9. The van der Waals surface area contributed by atoms with Gasteiger partial charge >= 0.3 is 0 Å². The number of anilines is 1. The van der Waals surface area contributed by atoms with E-state index in [1.54, 1.807) is 24.4 Å². The lowest BCUT2D eigenvalue weighted by molar-refractivity contribution is 0.482. The number of hydrogen-bond acceptors (Lipinski definition) is 4. The number of benzene rings is 2. The Labute approximate surface area is 137 Å². The van der Waals surface area contributed by atoms with Crippen molar-refractivity contribution in [3.05, 3.63) is 70.5 Å². The highest BCUT2D eigenvalue weighted by Gasteiger charge is 2.03. The zero-order valence-electron chi connectivity index (χ0n) is 11.4. The third-order valence-corrected chi connectivity index (χ3v) is 3.64. The smallest absolute Gasteiger partial charge is 0.294 e. The highest BCUT2D eigenvalue weighted by Crippen LogP contribution is 2.29. The first-order valence-corrected chi connectivity index (χ1v) is 7.31. The van der Waals surface area contributed by atoms with Crippen LogP contribution in [0.15, 0.2) is 59.3 Å². The Bertz CT molecular complexity index is 761. The van der Waals surface area contributed by atoms with E-state index in [1.165, 1.54) is 6.26 Å². The number of hydrogen-bond donors (Lipinski definition) is 1. The Balaban J connectivity index is 1.69. The van der Waals surface area contributed by atoms with E-state index in [0.29, 0.717) is 34.1 Å². The number of ether oxygens (including phenoxy) is 1. The average Bonchev–Trinajstić information content (AvgIpc) is 3.03. The molecule has 0 unspecified atom stereocenters. The Morgan fingerprint density at radius 2 is 1.91 bits per heavy atom. The van der Waals surface area contributed by atoms with Crippen LogP contribution in [0.5, 0.6) is 11.5 Å². The molecule has 3 aromatic rings. The number of rotatable bonds is 5. The monoisotopic (exact) mass is 334 g/mol. The summed E-state index contributed by atoms with van der Waals surface area (Å²) in [7, 11) is 0. The van der Waals surface area contributed by atoms with Gasteiger partial charge in [-0.25, -0.2) is 4.98 Å². The van der Waals surface area contributed by atoms with Crippen molar-refractivity contribution in [1.29, 1.82) is 0 Å². The first-order chi connectivity index (χ1) is 10.7. The summed E-state index contributed by atoms with van der Waals surface area (Å²) in [6.07, 6.45) is 3.11. The summed E-state index contributed by atoms with van der Waals surface area (Å²) >= 11 is 11.9. The Morgan fingerprint density at radius 1 is 1.05 bits per heavy atom. The lowest BCUT2D eigenvalue weighted by Gasteiger charge is -2.09. The lowest BCUT2D eigenvalue weighted by atomic mass is 10.2. The first-order valence-electron chi connectivity index (χ1n) is 6.56. The maximum absolute atomic E-state index is 5.98. The van der Waals surface area contributed by atoms with Crippen molar-refractivity contribution in [2.45, 2.75) is 6.54 Å². The van der Waals surface area contributed by atoms with Crippen LogP contribution in [-0.2, 0) is 6.54 Å². The molecule has 0 saturated carbocycles. The second-order valence-corrected chi connectivity index (χ2v) is 5.33. The predicted octanol–water partition coefficient (Wildman–Crippen LogP) is 5.39. The molecule has 2 aromatic carbocycles. The molecule has 0 bridgehead atoms. The van der Waals surface area contributed by atoms with Crippen LogP contribution < -0.4 is 10.1 Å². The van der Waals surface area contributed by atoms with E-state index in [4.69, 9.17) is 32.4 Å². The normalized spacial score (nSPS) is 10.5. The van der Waals surface area contributed by atoms with Crippen LogP contribution >= 0.6 is 23.2 Å². The van der Waals surface area contributed by atoms with Crippen molar-refractivity contribution in [3.63, 3.8) is 0 Å². The highest BCUT2D eigenvalue weighted by atomic mass is 35.5. The number of nitrogens with zero attached hydrogens (tertiary/aromatic N) is 1. The molecule has 0 aliphatic carbocycles. The van der Waals surface area contributed by atoms with Crippen LogP contribution in [0.3, 0.4) is 0 Å². The fourth-order valence-corrected chi connectivity index (χ4v) is 2.17. The van der Waals surface area contributed by atoms with Gasteiger partial charge in [-0.05, 0) is 29.8 Å². The van der Waals surface area contributed by atoms with Gasteiger partial charge < -0.3 is 14.5 Å². The molecule has 0 radical (unpaired) electrons. The van der Waals surface area contributed by atoms with Crippen molar-refractivity contribution in [1.82, 2.24) is 4.98 Å². The highest BCUT2D eigenvalue weighted by molar-refractivity contribution is 6.42. The van der Waals surface area contributed by atoms with Crippen molar-refractivity contribution in [2.75, 3.05) is 5.32 Å². The largest absolute Gasteiger partial charge is 0.457 e. The van der Waals surface area contributed by atoms with E-state index in [2.05, 4.69) is 10.3 Å². The molecule has 0 aliphatic heterocycles. The second kappa shape index (κ2) is 6.73. The van der Waals surface area contributed by atoms with Crippen molar-refractivity contribution < 1.29 is 9.15 Å². The quantitative estimate of drug-likeness (QED) is 0.679. The minimum atomic E-state index is 0.459. The molecular formula is C16H12Cl2N2O2. The van der Waals surface area contributed by atoms with Crippen LogP contribution in [0.1, 0.15) is 5.56 Å². The van der Waals surface area contributed by atoms with E-state index in [1.807, 2.05) is 24.3 Å². The van der Waals surface area contributed by atoms with Gasteiger partial charge in [0.1, 0.15) is 17.8 Å². The van der Waals surface area contributed by atoms with Crippen LogP contribution in [-0.4, -0.2) is 4.98 Å². The standard InChI is InChI=1S/C16H12Cl2N2O2/c17-14-5-4-13(9-15(14)18)22-12-3-1-2-11(8-12)10-20-16-19-6-7-21-16/h1-9H,10H2,(H,19,20). The Kier molecular flexibility index (Phi) is 4.51. The molecule has 112 valence electrons. The third-order valence-electron chi connectivity index (χ3n) is 2.90. The maximum atomic E-state index is 5.98. The molecule has 0 saturated heterocycles. The molecule has 1 aromatic heterocycles. The SMILES string of the molecule is Clc1ccc(Oc2cccc(CNc3ncco3)c2)cc1Cl.